The van der Waals surface area contributed by atoms with Crippen molar-refractivity contribution in [1.82, 2.24) is 10.2 Å². The molecule has 0 spiro atoms. The van der Waals surface area contributed by atoms with Crippen LogP contribution in [-0.2, 0) is 4.79 Å². The Morgan fingerprint density at radius 3 is 2.57 bits per heavy atom. The van der Waals surface area contributed by atoms with Crippen molar-refractivity contribution in [3.8, 4) is 0 Å². The molecule has 3 nitrogen and oxygen atoms in total. The molecule has 1 aliphatic heterocycles. The summed E-state index contributed by atoms with van der Waals surface area (Å²) in [6.07, 6.45) is 5.27. The minimum atomic E-state index is -0.0556. The molecule has 1 saturated heterocycles. The number of nitrogens with one attached hydrogen (secondary N) is 1. The summed E-state index contributed by atoms with van der Waals surface area (Å²) in [5.41, 5.74) is 0. The standard InChI is InChI=1S/C17H26N2OS/c1-11-4-7-14(8-5-11)10-19-16(18-13(3)17(19)20)15-9-6-12(2)21-15/h6,9,11,13-14,16,18H,4-5,7-8,10H2,1-3H3. The van der Waals surface area contributed by atoms with Crippen molar-refractivity contribution in [3.05, 3.63) is 21.9 Å². The third kappa shape index (κ3) is 3.16. The van der Waals surface area contributed by atoms with Crippen LogP contribution in [0.4, 0.5) is 0 Å². The number of aryl methyl sites for hydroxylation is 1. The lowest BCUT2D eigenvalue weighted by molar-refractivity contribution is -0.130. The second-order valence-corrected chi connectivity index (χ2v) is 8.18. The Kier molecular flexibility index (Phi) is 4.36. The minimum Gasteiger partial charge on any atom is -0.320 e. The summed E-state index contributed by atoms with van der Waals surface area (Å²) in [7, 11) is 0. The van der Waals surface area contributed by atoms with Crippen molar-refractivity contribution in [2.45, 2.75) is 58.7 Å². The van der Waals surface area contributed by atoms with Crippen LogP contribution in [0.15, 0.2) is 12.1 Å². The zero-order valence-electron chi connectivity index (χ0n) is 13.3. The van der Waals surface area contributed by atoms with Gasteiger partial charge in [0.05, 0.1) is 6.04 Å². The largest absolute Gasteiger partial charge is 0.320 e. The molecule has 1 saturated carbocycles. The number of carbonyl (C=O) groups is 1. The molecule has 1 aromatic rings. The molecule has 116 valence electrons. The van der Waals surface area contributed by atoms with Crippen LogP contribution in [-0.4, -0.2) is 23.4 Å². The van der Waals surface area contributed by atoms with E-state index in [9.17, 15) is 4.79 Å². The Morgan fingerprint density at radius 1 is 1.24 bits per heavy atom. The summed E-state index contributed by atoms with van der Waals surface area (Å²) in [6.45, 7) is 7.38. The molecule has 2 unspecified atom stereocenters. The number of carbonyl (C=O) groups excluding carboxylic acids is 1. The van der Waals surface area contributed by atoms with Gasteiger partial charge in [-0.25, -0.2) is 0 Å². The molecule has 4 heteroatoms. The van der Waals surface area contributed by atoms with E-state index >= 15 is 0 Å². The monoisotopic (exact) mass is 306 g/mol. The third-order valence-corrected chi connectivity index (χ3v) is 6.05. The molecular formula is C17H26N2OS. The van der Waals surface area contributed by atoms with E-state index in [0.717, 1.165) is 12.5 Å². The maximum Gasteiger partial charge on any atom is 0.241 e. The van der Waals surface area contributed by atoms with E-state index in [1.165, 1.54) is 35.4 Å². The normalized spacial score (nSPS) is 33.7. The maximum absolute atomic E-state index is 12.5. The topological polar surface area (TPSA) is 32.3 Å². The van der Waals surface area contributed by atoms with E-state index in [1.807, 2.05) is 6.92 Å². The number of thiophene rings is 1. The second-order valence-electron chi connectivity index (χ2n) is 6.86. The highest BCUT2D eigenvalue weighted by Gasteiger charge is 2.39. The SMILES string of the molecule is Cc1ccc(C2NC(C)C(=O)N2CC2CCC(C)CC2)s1. The van der Waals surface area contributed by atoms with Crippen LogP contribution in [0.5, 0.6) is 0 Å². The maximum atomic E-state index is 12.5. The fraction of sp³-hybridized carbons (Fsp3) is 0.706. The van der Waals surface area contributed by atoms with E-state index in [0.29, 0.717) is 5.92 Å². The van der Waals surface area contributed by atoms with Gasteiger partial charge in [0.2, 0.25) is 5.91 Å². The van der Waals surface area contributed by atoms with Gasteiger partial charge in [0.1, 0.15) is 6.17 Å². The zero-order valence-corrected chi connectivity index (χ0v) is 14.1. The molecule has 0 bridgehead atoms. The van der Waals surface area contributed by atoms with Crippen molar-refractivity contribution in [2.75, 3.05) is 6.54 Å². The lowest BCUT2D eigenvalue weighted by Gasteiger charge is -2.32. The van der Waals surface area contributed by atoms with Gasteiger partial charge in [-0.15, -0.1) is 11.3 Å². The van der Waals surface area contributed by atoms with Gasteiger partial charge >= 0.3 is 0 Å². The molecule has 1 aromatic heterocycles. The van der Waals surface area contributed by atoms with Crippen molar-refractivity contribution < 1.29 is 4.79 Å². The first-order chi connectivity index (χ1) is 10.0. The molecule has 1 aliphatic carbocycles. The van der Waals surface area contributed by atoms with Gasteiger partial charge < -0.3 is 4.90 Å². The molecule has 2 aliphatic rings. The summed E-state index contributed by atoms with van der Waals surface area (Å²) in [5, 5.41) is 3.47. The smallest absolute Gasteiger partial charge is 0.241 e. The number of nitrogens with zero attached hydrogens (tertiary/aromatic N) is 1. The van der Waals surface area contributed by atoms with Crippen molar-refractivity contribution in [2.24, 2.45) is 11.8 Å². The third-order valence-electron chi connectivity index (χ3n) is 4.99. The molecule has 0 aromatic carbocycles. The van der Waals surface area contributed by atoms with Crippen LogP contribution >= 0.6 is 11.3 Å². The lowest BCUT2D eigenvalue weighted by atomic mass is 9.83. The number of hydrogen-bond donors (Lipinski definition) is 1. The van der Waals surface area contributed by atoms with Gasteiger partial charge in [-0.05, 0) is 50.7 Å². The molecule has 21 heavy (non-hydrogen) atoms. The van der Waals surface area contributed by atoms with Crippen molar-refractivity contribution in [3.63, 3.8) is 0 Å². The van der Waals surface area contributed by atoms with Crippen LogP contribution < -0.4 is 5.32 Å². The Bertz CT molecular complexity index is 505. The number of amides is 1. The van der Waals surface area contributed by atoms with Crippen molar-refractivity contribution in [1.29, 1.82) is 0 Å². The van der Waals surface area contributed by atoms with Crippen LogP contribution in [0, 0.1) is 18.8 Å². The average molecular weight is 306 g/mol. The van der Waals surface area contributed by atoms with Crippen LogP contribution in [0.3, 0.4) is 0 Å². The fourth-order valence-corrected chi connectivity index (χ4v) is 4.55. The molecule has 1 amide bonds. The highest BCUT2D eigenvalue weighted by molar-refractivity contribution is 7.12. The highest BCUT2D eigenvalue weighted by atomic mass is 32.1. The van der Waals surface area contributed by atoms with E-state index in [-0.39, 0.29) is 18.1 Å². The Hall–Kier alpha value is -0.870. The van der Waals surface area contributed by atoms with E-state index in [1.54, 1.807) is 11.3 Å². The number of rotatable bonds is 3. The van der Waals surface area contributed by atoms with Gasteiger partial charge in [0, 0.05) is 16.3 Å². The number of hydrogen-bond acceptors (Lipinski definition) is 3. The molecule has 2 atom stereocenters. The first-order valence-corrected chi connectivity index (χ1v) is 8.99. The predicted molar refractivity (Wildman–Crippen MR) is 87.2 cm³/mol. The van der Waals surface area contributed by atoms with Gasteiger partial charge in [0.15, 0.2) is 0 Å². The van der Waals surface area contributed by atoms with E-state index in [4.69, 9.17) is 0 Å². The summed E-state index contributed by atoms with van der Waals surface area (Å²) in [5.74, 6) is 1.81. The summed E-state index contributed by atoms with van der Waals surface area (Å²) < 4.78 is 0. The summed E-state index contributed by atoms with van der Waals surface area (Å²) in [6, 6.07) is 4.26. The average Bonchev–Trinajstić information content (AvgIpc) is 3.00. The van der Waals surface area contributed by atoms with Gasteiger partial charge in [-0.2, -0.15) is 0 Å². The Morgan fingerprint density at radius 2 is 1.95 bits per heavy atom. The van der Waals surface area contributed by atoms with E-state index < -0.39 is 0 Å². The first kappa shape index (κ1) is 15.0. The fourth-order valence-electron chi connectivity index (χ4n) is 3.60. The highest BCUT2D eigenvalue weighted by Crippen LogP contribution is 2.34. The van der Waals surface area contributed by atoms with Crippen molar-refractivity contribution >= 4 is 17.2 Å². The molecule has 0 radical (unpaired) electrons. The van der Waals surface area contributed by atoms with Crippen LogP contribution in [0.25, 0.3) is 0 Å². The molecule has 2 heterocycles. The Balaban J connectivity index is 1.72. The predicted octanol–water partition coefficient (Wildman–Crippen LogP) is 3.70. The lowest BCUT2D eigenvalue weighted by Crippen LogP contribution is -2.36. The molecule has 3 rings (SSSR count). The molecule has 2 fully saturated rings. The summed E-state index contributed by atoms with van der Waals surface area (Å²) in [4.78, 5) is 17.2. The van der Waals surface area contributed by atoms with Gasteiger partial charge in [-0.3, -0.25) is 10.1 Å². The minimum absolute atomic E-state index is 0.0556. The molecular weight excluding hydrogens is 280 g/mol. The van der Waals surface area contributed by atoms with Crippen LogP contribution in [0.2, 0.25) is 0 Å². The van der Waals surface area contributed by atoms with E-state index in [2.05, 4.69) is 36.2 Å². The quantitative estimate of drug-likeness (QED) is 0.923. The summed E-state index contributed by atoms with van der Waals surface area (Å²) >= 11 is 1.80. The second kappa shape index (κ2) is 6.09. The van der Waals surface area contributed by atoms with Crippen LogP contribution in [0.1, 0.15) is 55.5 Å². The first-order valence-electron chi connectivity index (χ1n) is 8.17. The zero-order chi connectivity index (χ0) is 15.0. The van der Waals surface area contributed by atoms with Gasteiger partial charge in [-0.1, -0.05) is 19.8 Å². The molecule has 1 N–H and O–H groups in total. The van der Waals surface area contributed by atoms with Gasteiger partial charge in [0.25, 0.3) is 0 Å². The Labute approximate surface area is 131 Å².